The van der Waals surface area contributed by atoms with Crippen LogP contribution in [0.1, 0.15) is 12.5 Å². The lowest BCUT2D eigenvalue weighted by Gasteiger charge is -2.36. The normalized spacial score (nSPS) is 23.0. The van der Waals surface area contributed by atoms with Crippen LogP contribution in [0.25, 0.3) is 0 Å². The number of nitrogens with zero attached hydrogens (tertiary/aromatic N) is 1. The fraction of sp³-hybridized carbons (Fsp3) is 0.533. The third kappa shape index (κ3) is 4.17. The Bertz CT molecular complexity index is 507. The molecule has 2 atom stereocenters. The van der Waals surface area contributed by atoms with Crippen molar-refractivity contribution >= 4 is 17.3 Å². The molecule has 1 amide bonds. The molecule has 0 spiro atoms. The molecule has 0 radical (unpaired) electrons. The van der Waals surface area contributed by atoms with Gasteiger partial charge < -0.3 is 20.9 Å². The highest BCUT2D eigenvalue weighted by Crippen LogP contribution is 2.17. The molecule has 1 aliphatic rings. The lowest BCUT2D eigenvalue weighted by Crippen LogP contribution is -2.51. The molecular weight excluding hydrogens is 270 g/mol. The Morgan fingerprint density at radius 1 is 1.57 bits per heavy atom. The third-order valence-electron chi connectivity index (χ3n) is 3.75. The van der Waals surface area contributed by atoms with E-state index >= 15 is 0 Å². The van der Waals surface area contributed by atoms with Crippen LogP contribution in [0, 0.1) is 6.92 Å². The molecule has 0 aliphatic carbocycles. The molecule has 1 fully saturated rings. The number of carbonyl (C=O) groups is 1. The first-order chi connectivity index (χ1) is 9.99. The number of aliphatic hydroxyl groups is 1. The van der Waals surface area contributed by atoms with Gasteiger partial charge in [-0.1, -0.05) is 6.07 Å². The van der Waals surface area contributed by atoms with Crippen LogP contribution in [0.3, 0.4) is 0 Å². The molecule has 6 heteroatoms. The smallest absolute Gasteiger partial charge is 0.238 e. The highest BCUT2D eigenvalue weighted by atomic mass is 16.5. The van der Waals surface area contributed by atoms with Crippen LogP contribution in [-0.2, 0) is 9.53 Å². The zero-order chi connectivity index (χ0) is 15.4. The molecule has 6 nitrogen and oxygen atoms in total. The van der Waals surface area contributed by atoms with Gasteiger partial charge in [-0.2, -0.15) is 0 Å². The van der Waals surface area contributed by atoms with Crippen molar-refractivity contribution in [3.63, 3.8) is 0 Å². The SMILES string of the molecule is Cc1ccc(NC(=O)CN2CC(CO)OCC2C)cc1N. The van der Waals surface area contributed by atoms with Gasteiger partial charge in [-0.05, 0) is 31.5 Å². The van der Waals surface area contributed by atoms with E-state index in [1.165, 1.54) is 0 Å². The van der Waals surface area contributed by atoms with Crippen LogP contribution in [0.4, 0.5) is 11.4 Å². The minimum absolute atomic E-state index is 0.0284. The number of hydrogen-bond acceptors (Lipinski definition) is 5. The quantitative estimate of drug-likeness (QED) is 0.708. The highest BCUT2D eigenvalue weighted by Gasteiger charge is 2.27. The van der Waals surface area contributed by atoms with E-state index in [1.807, 2.05) is 30.9 Å². The maximum Gasteiger partial charge on any atom is 0.238 e. The summed E-state index contributed by atoms with van der Waals surface area (Å²) in [7, 11) is 0. The summed E-state index contributed by atoms with van der Waals surface area (Å²) in [6, 6.07) is 5.63. The summed E-state index contributed by atoms with van der Waals surface area (Å²) in [6.07, 6.45) is -0.219. The van der Waals surface area contributed by atoms with Gasteiger partial charge in [0.1, 0.15) is 0 Å². The van der Waals surface area contributed by atoms with Gasteiger partial charge in [0.05, 0.1) is 25.9 Å². The maximum absolute atomic E-state index is 12.1. The van der Waals surface area contributed by atoms with Gasteiger partial charge in [0.25, 0.3) is 0 Å². The Labute approximate surface area is 124 Å². The molecule has 1 saturated heterocycles. The van der Waals surface area contributed by atoms with Crippen LogP contribution < -0.4 is 11.1 Å². The molecule has 1 heterocycles. The summed E-state index contributed by atoms with van der Waals surface area (Å²) in [5.41, 5.74) is 8.18. The van der Waals surface area contributed by atoms with Crippen LogP contribution in [0.15, 0.2) is 18.2 Å². The van der Waals surface area contributed by atoms with Gasteiger partial charge in [0.15, 0.2) is 0 Å². The number of rotatable bonds is 4. The molecule has 1 aliphatic heterocycles. The number of carbonyl (C=O) groups excluding carboxylic acids is 1. The Kier molecular flexibility index (Phi) is 5.17. The van der Waals surface area contributed by atoms with Gasteiger partial charge in [0, 0.05) is 24.0 Å². The van der Waals surface area contributed by atoms with Crippen molar-refractivity contribution in [1.82, 2.24) is 4.90 Å². The van der Waals surface area contributed by atoms with Crippen molar-refractivity contribution in [1.29, 1.82) is 0 Å². The highest BCUT2D eigenvalue weighted by molar-refractivity contribution is 5.92. The van der Waals surface area contributed by atoms with Crippen LogP contribution in [0.5, 0.6) is 0 Å². The lowest BCUT2D eigenvalue weighted by atomic mass is 10.2. The minimum atomic E-state index is -0.219. The molecule has 0 aromatic heterocycles. The number of anilines is 2. The zero-order valence-corrected chi connectivity index (χ0v) is 12.5. The average molecular weight is 293 g/mol. The summed E-state index contributed by atoms with van der Waals surface area (Å²) >= 11 is 0. The van der Waals surface area contributed by atoms with E-state index in [4.69, 9.17) is 15.6 Å². The first-order valence-electron chi connectivity index (χ1n) is 7.12. The van der Waals surface area contributed by atoms with Gasteiger partial charge in [-0.15, -0.1) is 0 Å². The number of hydrogen-bond donors (Lipinski definition) is 3. The molecule has 4 N–H and O–H groups in total. The third-order valence-corrected chi connectivity index (χ3v) is 3.75. The summed E-state index contributed by atoms with van der Waals surface area (Å²) < 4.78 is 5.46. The van der Waals surface area contributed by atoms with Crippen LogP contribution in [0.2, 0.25) is 0 Å². The fourth-order valence-electron chi connectivity index (χ4n) is 2.31. The number of nitrogens with one attached hydrogen (secondary N) is 1. The Morgan fingerprint density at radius 3 is 3.00 bits per heavy atom. The van der Waals surface area contributed by atoms with Gasteiger partial charge in [-0.3, -0.25) is 9.69 Å². The molecule has 0 bridgehead atoms. The zero-order valence-electron chi connectivity index (χ0n) is 12.5. The van der Waals surface area contributed by atoms with E-state index in [1.54, 1.807) is 6.07 Å². The summed E-state index contributed by atoms with van der Waals surface area (Å²) in [4.78, 5) is 14.1. The average Bonchev–Trinajstić information content (AvgIpc) is 2.45. The van der Waals surface area contributed by atoms with Gasteiger partial charge >= 0.3 is 0 Å². The number of ether oxygens (including phenoxy) is 1. The second kappa shape index (κ2) is 6.89. The number of aliphatic hydroxyl groups excluding tert-OH is 1. The Balaban J connectivity index is 1.92. The van der Waals surface area contributed by atoms with Crippen molar-refractivity contribution in [3.05, 3.63) is 23.8 Å². The van der Waals surface area contributed by atoms with E-state index < -0.39 is 0 Å². The lowest BCUT2D eigenvalue weighted by molar-refractivity contribution is -0.122. The molecule has 1 aromatic carbocycles. The molecule has 1 aromatic rings. The number of amides is 1. The van der Waals surface area contributed by atoms with E-state index in [9.17, 15) is 4.79 Å². The second-order valence-corrected chi connectivity index (χ2v) is 5.54. The largest absolute Gasteiger partial charge is 0.398 e. The van der Waals surface area contributed by atoms with E-state index in [-0.39, 0.29) is 31.2 Å². The van der Waals surface area contributed by atoms with Crippen molar-refractivity contribution in [3.8, 4) is 0 Å². The van der Waals surface area contributed by atoms with Crippen LogP contribution in [-0.4, -0.2) is 54.4 Å². The van der Waals surface area contributed by atoms with Crippen LogP contribution >= 0.6 is 0 Å². The van der Waals surface area contributed by atoms with Crippen molar-refractivity contribution in [2.45, 2.75) is 26.0 Å². The van der Waals surface area contributed by atoms with Gasteiger partial charge in [0.2, 0.25) is 5.91 Å². The summed E-state index contributed by atoms with van der Waals surface area (Å²) in [5.74, 6) is -0.0938. The summed E-state index contributed by atoms with van der Waals surface area (Å²) in [5, 5.41) is 12.0. The molecule has 2 unspecified atom stereocenters. The van der Waals surface area contributed by atoms with Crippen molar-refractivity contribution < 1.29 is 14.6 Å². The Morgan fingerprint density at radius 2 is 2.33 bits per heavy atom. The van der Waals surface area contributed by atoms with E-state index in [2.05, 4.69) is 5.32 Å². The topological polar surface area (TPSA) is 87.8 Å². The monoisotopic (exact) mass is 293 g/mol. The van der Waals surface area contributed by atoms with E-state index in [0.29, 0.717) is 24.5 Å². The number of aryl methyl sites for hydroxylation is 1. The molecule has 21 heavy (non-hydrogen) atoms. The predicted molar refractivity (Wildman–Crippen MR) is 82.1 cm³/mol. The minimum Gasteiger partial charge on any atom is -0.398 e. The second-order valence-electron chi connectivity index (χ2n) is 5.54. The fourth-order valence-corrected chi connectivity index (χ4v) is 2.31. The Hall–Kier alpha value is -1.63. The molecule has 116 valence electrons. The van der Waals surface area contributed by atoms with E-state index in [0.717, 1.165) is 5.56 Å². The number of nitrogens with two attached hydrogens (primary N) is 1. The number of morpholine rings is 1. The molecule has 2 rings (SSSR count). The first kappa shape index (κ1) is 15.8. The molecule has 0 saturated carbocycles. The predicted octanol–water partition coefficient (Wildman–Crippen LogP) is 0.597. The number of nitrogen functional groups attached to an aromatic ring is 1. The number of benzene rings is 1. The standard InChI is InChI=1S/C15H23N3O3/c1-10-3-4-12(5-14(10)16)17-15(20)7-18-6-13(8-19)21-9-11(18)2/h3-5,11,13,19H,6-9,16H2,1-2H3,(H,17,20). The maximum atomic E-state index is 12.1. The summed E-state index contributed by atoms with van der Waals surface area (Å²) in [6.45, 7) is 5.25. The molecular formula is C15H23N3O3. The van der Waals surface area contributed by atoms with Gasteiger partial charge in [-0.25, -0.2) is 0 Å². The first-order valence-corrected chi connectivity index (χ1v) is 7.12. The van der Waals surface area contributed by atoms with Crippen molar-refractivity contribution in [2.75, 3.05) is 37.4 Å². The van der Waals surface area contributed by atoms with Crippen molar-refractivity contribution in [2.24, 2.45) is 0 Å².